The molecule has 2 radical (unpaired) electrons. The lowest BCUT2D eigenvalue weighted by molar-refractivity contribution is 0.733. The van der Waals surface area contributed by atoms with Gasteiger partial charge < -0.3 is 0 Å². The first-order chi connectivity index (χ1) is 7.23. The van der Waals surface area contributed by atoms with Crippen LogP contribution in [0.3, 0.4) is 0 Å². The predicted molar refractivity (Wildman–Crippen MR) is 90.7 cm³/mol. The lowest BCUT2D eigenvalue weighted by Gasteiger charge is -2.42. The van der Waals surface area contributed by atoms with Crippen LogP contribution in [0, 0.1) is 0 Å². The molecule has 4 heteroatoms. The Morgan fingerprint density at radius 2 is 0.882 bits per heavy atom. The van der Waals surface area contributed by atoms with Gasteiger partial charge in [0.1, 0.15) is 0 Å². The van der Waals surface area contributed by atoms with E-state index in [2.05, 4.69) is 67.7 Å². The van der Waals surface area contributed by atoms with E-state index in [-0.39, 0.29) is 15.7 Å². The molecular formula is C13H32Si4. The van der Waals surface area contributed by atoms with Crippen LogP contribution in [-0.4, -0.2) is 30.8 Å². The van der Waals surface area contributed by atoms with Gasteiger partial charge in [0, 0.05) is 30.8 Å². The minimum absolute atomic E-state index is 0.107. The highest BCUT2D eigenvalue weighted by molar-refractivity contribution is 7.83. The summed E-state index contributed by atoms with van der Waals surface area (Å²) >= 11 is 0. The second-order valence-corrected chi connectivity index (χ2v) is 39.5. The van der Waals surface area contributed by atoms with Crippen molar-refractivity contribution in [3.63, 3.8) is 0 Å². The van der Waals surface area contributed by atoms with Gasteiger partial charge in [0.15, 0.2) is 0 Å². The van der Waals surface area contributed by atoms with Crippen molar-refractivity contribution in [1.82, 2.24) is 0 Å². The third kappa shape index (κ3) is 2.74. The molecule has 1 heterocycles. The van der Waals surface area contributed by atoms with Crippen molar-refractivity contribution in [1.29, 1.82) is 0 Å². The summed E-state index contributed by atoms with van der Waals surface area (Å²) < 4.78 is 0. The summed E-state index contributed by atoms with van der Waals surface area (Å²) in [6.07, 6.45) is 0. The fourth-order valence-electron chi connectivity index (χ4n) is 2.23. The minimum Gasteiger partial charge on any atom is -0.0732 e. The van der Waals surface area contributed by atoms with E-state index in [9.17, 15) is 0 Å². The van der Waals surface area contributed by atoms with Crippen LogP contribution >= 0.6 is 0 Å². The lowest BCUT2D eigenvalue weighted by atomic mass is 10.2. The van der Waals surface area contributed by atoms with Crippen molar-refractivity contribution in [2.24, 2.45) is 0 Å². The molecule has 0 N–H and O–H groups in total. The fraction of sp³-hybridized carbons (Fsp3) is 1.00. The highest BCUT2D eigenvalue weighted by Gasteiger charge is 2.62. The molecule has 0 amide bonds. The van der Waals surface area contributed by atoms with Crippen LogP contribution in [0.15, 0.2) is 0 Å². The third-order valence-electron chi connectivity index (χ3n) is 5.85. The molecule has 1 aliphatic heterocycles. The Labute approximate surface area is 114 Å². The quantitative estimate of drug-likeness (QED) is 0.644. The van der Waals surface area contributed by atoms with Crippen molar-refractivity contribution in [2.75, 3.05) is 0 Å². The van der Waals surface area contributed by atoms with Gasteiger partial charge in [-0.15, -0.1) is 0 Å². The average Bonchev–Trinajstić information content (AvgIpc) is 2.77. The van der Waals surface area contributed by atoms with E-state index < -0.39 is 15.2 Å². The molecule has 0 atom stereocenters. The maximum absolute atomic E-state index is 2.70. The molecule has 1 saturated heterocycles. The van der Waals surface area contributed by atoms with Crippen LogP contribution in [0.4, 0.5) is 0 Å². The van der Waals surface area contributed by atoms with Crippen LogP contribution in [0.2, 0.25) is 41.9 Å². The van der Waals surface area contributed by atoms with Crippen LogP contribution in [-0.2, 0) is 0 Å². The Balaban J connectivity index is 2.86. The van der Waals surface area contributed by atoms with E-state index >= 15 is 0 Å². The summed E-state index contributed by atoms with van der Waals surface area (Å²) in [6, 6.07) is 0. The van der Waals surface area contributed by atoms with Crippen LogP contribution < -0.4 is 0 Å². The number of hydrogen-bond acceptors (Lipinski definition) is 0. The van der Waals surface area contributed by atoms with Gasteiger partial charge in [-0.05, 0) is 10.1 Å². The molecule has 0 aromatic rings. The van der Waals surface area contributed by atoms with Gasteiger partial charge >= 0.3 is 0 Å². The van der Waals surface area contributed by atoms with Crippen LogP contribution in [0.25, 0.3) is 0 Å². The van der Waals surface area contributed by atoms with Gasteiger partial charge in [-0.2, -0.15) is 0 Å². The normalized spacial score (nSPS) is 20.8. The van der Waals surface area contributed by atoms with Crippen molar-refractivity contribution in [3.8, 4) is 0 Å². The average molecular weight is 301 g/mol. The third-order valence-corrected chi connectivity index (χ3v) is 56.8. The van der Waals surface area contributed by atoms with Gasteiger partial charge in [0.25, 0.3) is 0 Å². The minimum atomic E-state index is -0.941. The lowest BCUT2D eigenvalue weighted by Crippen LogP contribution is -2.55. The van der Waals surface area contributed by atoms with Gasteiger partial charge in [0.05, 0.1) is 0 Å². The van der Waals surface area contributed by atoms with E-state index in [1.54, 1.807) is 5.67 Å². The monoisotopic (exact) mass is 300 g/mol. The highest BCUT2D eigenvalue weighted by Crippen LogP contribution is 2.51. The van der Waals surface area contributed by atoms with E-state index in [1.165, 1.54) is 0 Å². The van der Waals surface area contributed by atoms with Gasteiger partial charge in [-0.3, -0.25) is 0 Å². The molecule has 0 bridgehead atoms. The molecular weight excluding hydrogens is 268 g/mol. The zero-order chi connectivity index (χ0) is 13.9. The molecule has 17 heavy (non-hydrogen) atoms. The van der Waals surface area contributed by atoms with Gasteiger partial charge in [-0.25, -0.2) is 0 Å². The Morgan fingerprint density at radius 3 is 1.06 bits per heavy atom. The molecule has 0 spiro atoms. The Kier molecular flexibility index (Phi) is 3.92. The first-order valence-corrected chi connectivity index (χ1v) is 19.4. The second kappa shape index (κ2) is 4.18. The molecule has 0 saturated carbocycles. The van der Waals surface area contributed by atoms with Crippen LogP contribution in [0.5, 0.6) is 0 Å². The Morgan fingerprint density at radius 1 is 0.647 bits per heavy atom. The van der Waals surface area contributed by atoms with E-state index in [4.69, 9.17) is 0 Å². The van der Waals surface area contributed by atoms with Crippen molar-refractivity contribution < 1.29 is 0 Å². The van der Waals surface area contributed by atoms with Gasteiger partial charge in [-0.1, -0.05) is 73.4 Å². The SMILES string of the molecule is CC(C)(C)[Si](C)(C)[Si]1C[Si]1[Si](C)(C)C(C)(C)C. The molecule has 1 aliphatic rings. The number of hydrogen-bond donors (Lipinski definition) is 0. The van der Waals surface area contributed by atoms with E-state index in [0.29, 0.717) is 10.1 Å². The highest BCUT2D eigenvalue weighted by atomic mass is 29.8. The molecule has 0 aliphatic carbocycles. The molecule has 0 nitrogen and oxygen atoms in total. The molecule has 0 unspecified atom stereocenters. The summed E-state index contributed by atoms with van der Waals surface area (Å²) in [5, 5.41) is 1.27. The standard InChI is InChI=1S/C13H32Si4/c1-12(2,3)16(7,8)14-11-15(14)17(9,10)13(4,5)6/h11H2,1-10H3. The van der Waals surface area contributed by atoms with E-state index in [0.717, 1.165) is 0 Å². The van der Waals surface area contributed by atoms with Crippen molar-refractivity contribution in [2.45, 2.75) is 83.5 Å². The largest absolute Gasteiger partial charge is 0.0732 e. The maximum atomic E-state index is 2.70. The smallest absolute Gasteiger partial charge is 0.0407 e. The Bertz CT molecular complexity index is 264. The topological polar surface area (TPSA) is 0 Å². The fourth-order valence-corrected chi connectivity index (χ4v) is 74.8. The second-order valence-electron chi connectivity index (χ2n) is 8.88. The summed E-state index contributed by atoms with van der Waals surface area (Å²) in [6.45, 7) is 25.9. The van der Waals surface area contributed by atoms with Gasteiger partial charge in [0.2, 0.25) is 0 Å². The van der Waals surface area contributed by atoms with Crippen molar-refractivity contribution in [3.05, 3.63) is 0 Å². The summed E-state index contributed by atoms with van der Waals surface area (Å²) in [5.74, 6) is 0. The summed E-state index contributed by atoms with van der Waals surface area (Å²) in [5.41, 5.74) is 1.75. The first-order valence-electron chi connectivity index (χ1n) is 6.96. The zero-order valence-electron chi connectivity index (χ0n) is 13.7. The first kappa shape index (κ1) is 15.9. The molecule has 100 valence electrons. The van der Waals surface area contributed by atoms with E-state index in [1.807, 2.05) is 0 Å². The summed E-state index contributed by atoms with van der Waals surface area (Å²) in [4.78, 5) is 0. The summed E-state index contributed by atoms with van der Waals surface area (Å²) in [7, 11) is -1.67. The molecule has 0 aromatic heterocycles. The zero-order valence-corrected chi connectivity index (χ0v) is 17.7. The molecule has 1 fully saturated rings. The molecule has 1 rings (SSSR count). The Hall–Kier alpha value is 0.868. The maximum Gasteiger partial charge on any atom is 0.0407 e. The number of rotatable bonds is 2. The van der Waals surface area contributed by atoms with Crippen molar-refractivity contribution >= 4 is 30.8 Å². The molecule has 0 aromatic carbocycles. The predicted octanol–water partition coefficient (Wildman–Crippen LogP) is 4.78. The van der Waals surface area contributed by atoms with Crippen LogP contribution in [0.1, 0.15) is 41.5 Å².